The van der Waals surface area contributed by atoms with Crippen LogP contribution in [0.5, 0.6) is 11.5 Å². The van der Waals surface area contributed by atoms with Gasteiger partial charge in [0.2, 0.25) is 5.91 Å². The SMILES string of the molecule is CNCCSNC1CC(C(=O)Nc2ccc(Oc3ccccc3)cc2)N(C)C1. The number of likely N-dealkylation sites (N-methyl/N-ethyl adjacent to an activating group) is 1. The van der Waals surface area contributed by atoms with Gasteiger partial charge in [0.1, 0.15) is 11.5 Å². The van der Waals surface area contributed by atoms with Crippen molar-refractivity contribution in [2.24, 2.45) is 0 Å². The van der Waals surface area contributed by atoms with Crippen molar-refractivity contribution in [2.75, 3.05) is 38.3 Å². The van der Waals surface area contributed by atoms with E-state index in [-0.39, 0.29) is 11.9 Å². The lowest BCUT2D eigenvalue weighted by Crippen LogP contribution is -2.37. The molecular formula is C21H28N4O2S. The maximum absolute atomic E-state index is 12.7. The van der Waals surface area contributed by atoms with Crippen LogP contribution in [0.1, 0.15) is 6.42 Å². The van der Waals surface area contributed by atoms with Gasteiger partial charge in [-0.1, -0.05) is 30.1 Å². The van der Waals surface area contributed by atoms with Gasteiger partial charge >= 0.3 is 0 Å². The maximum Gasteiger partial charge on any atom is 0.241 e. The number of carbonyl (C=O) groups is 1. The van der Waals surface area contributed by atoms with Crippen molar-refractivity contribution in [1.29, 1.82) is 0 Å². The van der Waals surface area contributed by atoms with E-state index in [1.54, 1.807) is 11.9 Å². The standard InChI is InChI=1S/C21H28N4O2S/c1-22-12-13-28-24-17-14-20(25(2)15-17)21(26)23-16-8-10-19(11-9-16)27-18-6-4-3-5-7-18/h3-11,17,20,22,24H,12-15H2,1-2H3,(H,23,26). The lowest BCUT2D eigenvalue weighted by Gasteiger charge is -2.18. The molecule has 1 fully saturated rings. The van der Waals surface area contributed by atoms with Gasteiger partial charge < -0.3 is 15.4 Å². The summed E-state index contributed by atoms with van der Waals surface area (Å²) in [6.45, 7) is 1.84. The molecule has 28 heavy (non-hydrogen) atoms. The summed E-state index contributed by atoms with van der Waals surface area (Å²) in [5.41, 5.74) is 0.776. The van der Waals surface area contributed by atoms with Crippen LogP contribution in [-0.2, 0) is 4.79 Å². The summed E-state index contributed by atoms with van der Waals surface area (Å²) in [6, 6.07) is 17.3. The molecule has 1 heterocycles. The molecule has 1 aliphatic rings. The van der Waals surface area contributed by atoms with E-state index in [9.17, 15) is 4.79 Å². The highest BCUT2D eigenvalue weighted by Crippen LogP contribution is 2.24. The van der Waals surface area contributed by atoms with E-state index in [1.165, 1.54) is 0 Å². The van der Waals surface area contributed by atoms with Crippen LogP contribution in [0.4, 0.5) is 5.69 Å². The summed E-state index contributed by atoms with van der Waals surface area (Å²) >= 11 is 1.71. The first-order valence-electron chi connectivity index (χ1n) is 9.51. The highest BCUT2D eigenvalue weighted by molar-refractivity contribution is 7.97. The summed E-state index contributed by atoms with van der Waals surface area (Å²) in [5, 5.41) is 6.15. The molecule has 6 nitrogen and oxygen atoms in total. The van der Waals surface area contributed by atoms with E-state index in [0.717, 1.165) is 42.4 Å². The van der Waals surface area contributed by atoms with Crippen LogP contribution in [0.25, 0.3) is 0 Å². The number of para-hydroxylation sites is 1. The molecule has 2 atom stereocenters. The monoisotopic (exact) mass is 400 g/mol. The van der Waals surface area contributed by atoms with Gasteiger partial charge in [-0.15, -0.1) is 0 Å². The quantitative estimate of drug-likeness (QED) is 0.444. The van der Waals surface area contributed by atoms with Crippen molar-refractivity contribution in [3.63, 3.8) is 0 Å². The van der Waals surface area contributed by atoms with Crippen molar-refractivity contribution in [1.82, 2.24) is 14.9 Å². The first kappa shape index (κ1) is 20.7. The Morgan fingerprint density at radius 2 is 1.86 bits per heavy atom. The molecule has 0 aromatic heterocycles. The molecule has 7 heteroatoms. The molecule has 1 saturated heterocycles. The second-order valence-electron chi connectivity index (χ2n) is 6.89. The summed E-state index contributed by atoms with van der Waals surface area (Å²) in [4.78, 5) is 14.8. The summed E-state index contributed by atoms with van der Waals surface area (Å²) in [7, 11) is 3.95. The van der Waals surface area contributed by atoms with Crippen molar-refractivity contribution in [2.45, 2.75) is 18.5 Å². The molecule has 0 radical (unpaired) electrons. The first-order valence-corrected chi connectivity index (χ1v) is 10.5. The van der Waals surface area contributed by atoms with Crippen LogP contribution in [0, 0.1) is 0 Å². The lowest BCUT2D eigenvalue weighted by molar-refractivity contribution is -0.119. The Morgan fingerprint density at radius 1 is 1.14 bits per heavy atom. The Hall–Kier alpha value is -2.06. The van der Waals surface area contributed by atoms with Gasteiger partial charge in [0.25, 0.3) is 0 Å². The number of anilines is 1. The van der Waals surface area contributed by atoms with Gasteiger partial charge in [-0.2, -0.15) is 0 Å². The Bertz CT molecular complexity index is 742. The van der Waals surface area contributed by atoms with Gasteiger partial charge in [0.15, 0.2) is 0 Å². The number of hydrogen-bond acceptors (Lipinski definition) is 6. The normalized spacial score (nSPS) is 19.5. The molecule has 0 aliphatic carbocycles. The van der Waals surface area contributed by atoms with Crippen molar-refractivity contribution >= 4 is 23.5 Å². The van der Waals surface area contributed by atoms with E-state index < -0.39 is 0 Å². The number of hydrogen-bond donors (Lipinski definition) is 3. The number of benzene rings is 2. The van der Waals surface area contributed by atoms with Gasteiger partial charge in [-0.3, -0.25) is 14.4 Å². The number of amides is 1. The van der Waals surface area contributed by atoms with Crippen molar-refractivity contribution in [3.05, 3.63) is 54.6 Å². The molecule has 2 aromatic carbocycles. The molecule has 3 rings (SSSR count). The molecule has 2 aromatic rings. The smallest absolute Gasteiger partial charge is 0.241 e. The average Bonchev–Trinajstić information content (AvgIpc) is 3.08. The molecule has 1 aliphatic heterocycles. The topological polar surface area (TPSA) is 65.6 Å². The Labute approximate surface area is 171 Å². The molecule has 0 saturated carbocycles. The highest BCUT2D eigenvalue weighted by Gasteiger charge is 2.34. The molecule has 1 amide bonds. The largest absolute Gasteiger partial charge is 0.457 e. The number of nitrogens with one attached hydrogen (secondary N) is 3. The third-order valence-electron chi connectivity index (χ3n) is 4.66. The zero-order valence-electron chi connectivity index (χ0n) is 16.4. The minimum atomic E-state index is -0.123. The van der Waals surface area contributed by atoms with E-state index in [0.29, 0.717) is 6.04 Å². The van der Waals surface area contributed by atoms with Crippen LogP contribution in [0.2, 0.25) is 0 Å². The third kappa shape index (κ3) is 5.97. The number of ether oxygens (including phenoxy) is 1. The molecule has 3 N–H and O–H groups in total. The molecular weight excluding hydrogens is 372 g/mol. The average molecular weight is 401 g/mol. The molecule has 0 spiro atoms. The minimum absolute atomic E-state index is 0.0313. The van der Waals surface area contributed by atoms with E-state index in [2.05, 4.69) is 20.3 Å². The molecule has 0 bridgehead atoms. The highest BCUT2D eigenvalue weighted by atomic mass is 32.2. The predicted octanol–water partition coefficient (Wildman–Crippen LogP) is 2.95. The van der Waals surface area contributed by atoms with Gasteiger partial charge in [0.05, 0.1) is 6.04 Å². The Kier molecular flexibility index (Phi) is 7.73. The second kappa shape index (κ2) is 10.5. The molecule has 2 unspecified atom stereocenters. The zero-order chi connectivity index (χ0) is 19.8. The maximum atomic E-state index is 12.7. The number of rotatable bonds is 9. The minimum Gasteiger partial charge on any atom is -0.457 e. The van der Waals surface area contributed by atoms with Crippen LogP contribution in [0.3, 0.4) is 0 Å². The lowest BCUT2D eigenvalue weighted by atomic mass is 10.1. The summed E-state index contributed by atoms with van der Waals surface area (Å²) < 4.78 is 9.25. The number of carbonyl (C=O) groups excluding carboxylic acids is 1. The second-order valence-corrected chi connectivity index (χ2v) is 7.82. The summed E-state index contributed by atoms with van der Waals surface area (Å²) in [5.74, 6) is 2.57. The van der Waals surface area contributed by atoms with Crippen molar-refractivity contribution in [3.8, 4) is 11.5 Å². The number of likely N-dealkylation sites (tertiary alicyclic amines) is 1. The fraction of sp³-hybridized carbons (Fsp3) is 0.381. The van der Waals surface area contributed by atoms with Gasteiger partial charge in [-0.25, -0.2) is 0 Å². The van der Waals surface area contributed by atoms with E-state index in [4.69, 9.17) is 4.74 Å². The third-order valence-corrected chi connectivity index (χ3v) is 5.56. The van der Waals surface area contributed by atoms with E-state index >= 15 is 0 Å². The van der Waals surface area contributed by atoms with Crippen LogP contribution >= 0.6 is 11.9 Å². The van der Waals surface area contributed by atoms with Crippen LogP contribution in [0.15, 0.2) is 54.6 Å². The van der Waals surface area contributed by atoms with Gasteiger partial charge in [-0.05, 0) is 56.9 Å². The van der Waals surface area contributed by atoms with Gasteiger partial charge in [0, 0.05) is 30.6 Å². The van der Waals surface area contributed by atoms with Crippen LogP contribution < -0.4 is 20.1 Å². The van der Waals surface area contributed by atoms with E-state index in [1.807, 2.05) is 68.7 Å². The van der Waals surface area contributed by atoms with Crippen molar-refractivity contribution < 1.29 is 9.53 Å². The zero-order valence-corrected chi connectivity index (χ0v) is 17.2. The Morgan fingerprint density at radius 3 is 2.57 bits per heavy atom. The predicted molar refractivity (Wildman–Crippen MR) is 116 cm³/mol. The Balaban J connectivity index is 1.48. The number of nitrogens with zero attached hydrogens (tertiary/aromatic N) is 1. The molecule has 150 valence electrons. The fourth-order valence-electron chi connectivity index (χ4n) is 3.18. The first-order chi connectivity index (χ1) is 13.7. The fourth-order valence-corrected chi connectivity index (χ4v) is 4.01. The van der Waals surface area contributed by atoms with Crippen LogP contribution in [-0.4, -0.2) is 55.8 Å². The summed E-state index contributed by atoms with van der Waals surface area (Å²) in [6.07, 6.45) is 0.810.